The van der Waals surface area contributed by atoms with Crippen LogP contribution < -0.4 is 10.1 Å². The van der Waals surface area contributed by atoms with Crippen molar-refractivity contribution in [3.8, 4) is 5.75 Å². The minimum atomic E-state index is -0.107. The Hall–Kier alpha value is -2.30. The molecule has 0 saturated heterocycles. The second-order valence-electron chi connectivity index (χ2n) is 4.69. The molecule has 2 rings (SSSR count). The highest BCUT2D eigenvalue weighted by Gasteiger charge is 2.12. The number of ether oxygens (including phenoxy) is 1. The molecule has 0 saturated carbocycles. The summed E-state index contributed by atoms with van der Waals surface area (Å²) in [5, 5.41) is 7.07. The first-order valence-corrected chi connectivity index (χ1v) is 6.44. The van der Waals surface area contributed by atoms with E-state index in [2.05, 4.69) is 10.4 Å². The van der Waals surface area contributed by atoms with E-state index in [1.165, 1.54) is 0 Å². The maximum absolute atomic E-state index is 12.2. The van der Waals surface area contributed by atoms with Crippen LogP contribution >= 0.6 is 0 Å². The maximum atomic E-state index is 12.2. The van der Waals surface area contributed by atoms with E-state index >= 15 is 0 Å². The Balaban J connectivity index is 2.11. The van der Waals surface area contributed by atoms with Crippen molar-refractivity contribution in [1.82, 2.24) is 15.1 Å². The molecule has 0 radical (unpaired) electrons. The van der Waals surface area contributed by atoms with Gasteiger partial charge < -0.3 is 10.1 Å². The highest BCUT2D eigenvalue weighted by molar-refractivity contribution is 5.96. The van der Waals surface area contributed by atoms with Crippen LogP contribution in [0.2, 0.25) is 0 Å². The first-order chi connectivity index (χ1) is 9.54. The van der Waals surface area contributed by atoms with Gasteiger partial charge in [-0.05, 0) is 26.0 Å². The topological polar surface area (TPSA) is 56.1 Å². The Morgan fingerprint density at radius 2 is 2.15 bits per heavy atom. The van der Waals surface area contributed by atoms with E-state index in [9.17, 15) is 4.79 Å². The molecular weight excluding hydrogens is 254 g/mol. The second kappa shape index (κ2) is 5.77. The van der Waals surface area contributed by atoms with Crippen molar-refractivity contribution in [2.24, 2.45) is 7.05 Å². The van der Waals surface area contributed by atoms with E-state index in [1.54, 1.807) is 24.1 Å². The van der Waals surface area contributed by atoms with Gasteiger partial charge >= 0.3 is 0 Å². The summed E-state index contributed by atoms with van der Waals surface area (Å²) in [4.78, 5) is 12.2. The lowest BCUT2D eigenvalue weighted by molar-refractivity contribution is 0.0950. The molecule has 0 fully saturated rings. The number of rotatable bonds is 4. The molecule has 0 unspecified atom stereocenters. The monoisotopic (exact) mass is 273 g/mol. The predicted molar refractivity (Wildman–Crippen MR) is 76.8 cm³/mol. The molecule has 2 aromatic rings. The molecule has 0 aliphatic rings. The number of nitrogens with one attached hydrogen (secondary N) is 1. The van der Waals surface area contributed by atoms with E-state index in [4.69, 9.17) is 4.74 Å². The van der Waals surface area contributed by atoms with Crippen LogP contribution in [0, 0.1) is 13.8 Å². The molecule has 0 atom stereocenters. The Morgan fingerprint density at radius 3 is 2.75 bits per heavy atom. The quantitative estimate of drug-likeness (QED) is 0.926. The van der Waals surface area contributed by atoms with Gasteiger partial charge in [-0.15, -0.1) is 0 Å². The highest BCUT2D eigenvalue weighted by atomic mass is 16.5. The number of carbonyl (C=O) groups is 1. The van der Waals surface area contributed by atoms with Gasteiger partial charge in [-0.1, -0.05) is 6.07 Å². The number of benzene rings is 1. The van der Waals surface area contributed by atoms with Crippen molar-refractivity contribution in [1.29, 1.82) is 0 Å². The molecule has 5 heteroatoms. The summed E-state index contributed by atoms with van der Waals surface area (Å²) in [6, 6.07) is 5.46. The number of aryl methyl sites for hydroxylation is 1. The zero-order valence-electron chi connectivity index (χ0n) is 12.2. The van der Waals surface area contributed by atoms with Gasteiger partial charge in [0.1, 0.15) is 5.75 Å². The van der Waals surface area contributed by atoms with Crippen LogP contribution in [0.3, 0.4) is 0 Å². The zero-order valence-corrected chi connectivity index (χ0v) is 12.2. The summed E-state index contributed by atoms with van der Waals surface area (Å²) in [5.41, 5.74) is 3.54. The molecule has 0 bridgehead atoms. The number of amides is 1. The minimum Gasteiger partial charge on any atom is -0.496 e. The minimum absolute atomic E-state index is 0.107. The predicted octanol–water partition coefficient (Wildman–Crippen LogP) is 1.98. The number of carbonyl (C=O) groups excluding carboxylic acids is 1. The lowest BCUT2D eigenvalue weighted by Crippen LogP contribution is -2.24. The van der Waals surface area contributed by atoms with Crippen LogP contribution in [0.1, 0.15) is 27.2 Å². The SMILES string of the molecule is COc1cccc(C(=O)NCc2cnn(C)c2C)c1C. The summed E-state index contributed by atoms with van der Waals surface area (Å²) in [7, 11) is 3.48. The van der Waals surface area contributed by atoms with Crippen molar-refractivity contribution < 1.29 is 9.53 Å². The van der Waals surface area contributed by atoms with Crippen molar-refractivity contribution >= 4 is 5.91 Å². The standard InChI is InChI=1S/C15H19N3O2/c1-10-13(6-5-7-14(10)20-4)15(19)16-8-12-9-17-18(3)11(12)2/h5-7,9H,8H2,1-4H3,(H,16,19). The molecule has 1 N–H and O–H groups in total. The van der Waals surface area contributed by atoms with Crippen molar-refractivity contribution in [2.45, 2.75) is 20.4 Å². The van der Waals surface area contributed by atoms with Gasteiger partial charge in [-0.3, -0.25) is 9.48 Å². The van der Waals surface area contributed by atoms with Crippen molar-refractivity contribution in [2.75, 3.05) is 7.11 Å². The first kappa shape index (κ1) is 14.1. The summed E-state index contributed by atoms with van der Waals surface area (Å²) >= 11 is 0. The normalized spacial score (nSPS) is 10.4. The van der Waals surface area contributed by atoms with E-state index in [0.29, 0.717) is 12.1 Å². The Kier molecular flexibility index (Phi) is 4.08. The zero-order chi connectivity index (χ0) is 14.7. The largest absolute Gasteiger partial charge is 0.496 e. The van der Waals surface area contributed by atoms with Crippen LogP contribution in [0.15, 0.2) is 24.4 Å². The number of hydrogen-bond donors (Lipinski definition) is 1. The smallest absolute Gasteiger partial charge is 0.251 e. The molecule has 1 heterocycles. The average molecular weight is 273 g/mol. The molecule has 20 heavy (non-hydrogen) atoms. The molecule has 0 spiro atoms. The van der Waals surface area contributed by atoms with E-state index < -0.39 is 0 Å². The summed E-state index contributed by atoms with van der Waals surface area (Å²) < 4.78 is 7.02. The van der Waals surface area contributed by atoms with Crippen molar-refractivity contribution in [3.05, 3.63) is 46.8 Å². The summed E-state index contributed by atoms with van der Waals surface area (Å²) in [6.45, 7) is 4.32. The number of aromatic nitrogens is 2. The van der Waals surface area contributed by atoms with Crippen LogP contribution in [0.4, 0.5) is 0 Å². The first-order valence-electron chi connectivity index (χ1n) is 6.44. The molecule has 1 aromatic carbocycles. The van der Waals surface area contributed by atoms with Crippen LogP contribution in [-0.4, -0.2) is 22.8 Å². The molecular formula is C15H19N3O2. The lowest BCUT2D eigenvalue weighted by atomic mass is 10.1. The Labute approximate surface area is 118 Å². The molecule has 1 aromatic heterocycles. The lowest BCUT2D eigenvalue weighted by Gasteiger charge is -2.10. The van der Waals surface area contributed by atoms with Gasteiger partial charge in [0.15, 0.2) is 0 Å². The summed E-state index contributed by atoms with van der Waals surface area (Å²) in [5.74, 6) is 0.611. The van der Waals surface area contributed by atoms with Gasteiger partial charge in [0.2, 0.25) is 0 Å². The Bertz CT molecular complexity index is 632. The third-order valence-corrected chi connectivity index (χ3v) is 3.52. The fourth-order valence-electron chi connectivity index (χ4n) is 2.07. The third-order valence-electron chi connectivity index (χ3n) is 3.52. The highest BCUT2D eigenvalue weighted by Crippen LogP contribution is 2.20. The average Bonchev–Trinajstić information content (AvgIpc) is 2.76. The van der Waals surface area contributed by atoms with Crippen molar-refractivity contribution in [3.63, 3.8) is 0 Å². The molecule has 106 valence electrons. The Morgan fingerprint density at radius 1 is 1.40 bits per heavy atom. The van der Waals surface area contributed by atoms with Gasteiger partial charge in [-0.25, -0.2) is 0 Å². The van der Waals surface area contributed by atoms with Crippen LogP contribution in [0.25, 0.3) is 0 Å². The summed E-state index contributed by atoms with van der Waals surface area (Å²) in [6.07, 6.45) is 1.77. The van der Waals surface area contributed by atoms with Gasteiger partial charge in [0.05, 0.1) is 13.3 Å². The molecule has 0 aliphatic carbocycles. The number of nitrogens with zero attached hydrogens (tertiary/aromatic N) is 2. The number of hydrogen-bond acceptors (Lipinski definition) is 3. The molecule has 1 amide bonds. The second-order valence-corrected chi connectivity index (χ2v) is 4.69. The van der Waals surface area contributed by atoms with E-state index in [-0.39, 0.29) is 5.91 Å². The van der Waals surface area contributed by atoms with Gasteiger partial charge in [-0.2, -0.15) is 5.10 Å². The van der Waals surface area contributed by atoms with Crippen LogP contribution in [-0.2, 0) is 13.6 Å². The van der Waals surface area contributed by atoms with E-state index in [1.807, 2.05) is 33.0 Å². The fraction of sp³-hybridized carbons (Fsp3) is 0.333. The van der Waals surface area contributed by atoms with Gasteiger partial charge in [0, 0.05) is 36.0 Å². The maximum Gasteiger partial charge on any atom is 0.251 e. The van der Waals surface area contributed by atoms with E-state index in [0.717, 1.165) is 22.6 Å². The molecule has 0 aliphatic heterocycles. The third kappa shape index (κ3) is 2.66. The fourth-order valence-corrected chi connectivity index (χ4v) is 2.07. The van der Waals surface area contributed by atoms with Gasteiger partial charge in [0.25, 0.3) is 5.91 Å². The van der Waals surface area contributed by atoms with Crippen LogP contribution in [0.5, 0.6) is 5.75 Å². The molecule has 5 nitrogen and oxygen atoms in total. The number of methoxy groups -OCH3 is 1.